The van der Waals surface area contributed by atoms with Gasteiger partial charge in [0.15, 0.2) is 0 Å². The number of nitrogens with one attached hydrogen (secondary N) is 2. The quantitative estimate of drug-likeness (QED) is 0.672. The van der Waals surface area contributed by atoms with Crippen LogP contribution in [0.4, 0.5) is 5.69 Å². The molecule has 140 valence electrons. The van der Waals surface area contributed by atoms with Gasteiger partial charge in [0.25, 0.3) is 0 Å². The normalized spacial score (nSPS) is 12.4. The molecule has 0 spiro atoms. The molecule has 1 amide bonds. The van der Waals surface area contributed by atoms with Crippen molar-refractivity contribution < 1.29 is 17.9 Å². The maximum atomic E-state index is 12.6. The van der Waals surface area contributed by atoms with Crippen molar-refractivity contribution in [3.8, 4) is 5.75 Å². The lowest BCUT2D eigenvalue weighted by Gasteiger charge is -2.16. The molecular weight excluding hydrogens is 372 g/mol. The predicted molar refractivity (Wildman–Crippen MR) is 104 cm³/mol. The molecule has 0 unspecified atom stereocenters. The van der Waals surface area contributed by atoms with Gasteiger partial charge in [-0.25, -0.2) is 13.1 Å². The number of hydrogen-bond acceptors (Lipinski definition) is 5. The summed E-state index contributed by atoms with van der Waals surface area (Å²) in [5.74, 6) is 0.420. The highest BCUT2D eigenvalue weighted by Gasteiger charge is 2.19. The molecule has 2 rings (SSSR count). The molecule has 2 aromatic rings. The number of hydrogen-bond donors (Lipinski definition) is 2. The van der Waals surface area contributed by atoms with Gasteiger partial charge < -0.3 is 10.1 Å². The van der Waals surface area contributed by atoms with Gasteiger partial charge in [0.05, 0.1) is 16.6 Å². The van der Waals surface area contributed by atoms with Gasteiger partial charge in [0.2, 0.25) is 15.9 Å². The van der Waals surface area contributed by atoms with E-state index in [-0.39, 0.29) is 17.4 Å². The average molecular weight is 395 g/mol. The van der Waals surface area contributed by atoms with Gasteiger partial charge in [-0.15, -0.1) is 11.8 Å². The number of rotatable bonds is 8. The van der Waals surface area contributed by atoms with Crippen LogP contribution in [0.1, 0.15) is 13.8 Å². The average Bonchev–Trinajstić information content (AvgIpc) is 2.60. The Labute approximate surface area is 158 Å². The van der Waals surface area contributed by atoms with E-state index >= 15 is 0 Å². The van der Waals surface area contributed by atoms with Crippen LogP contribution >= 0.6 is 11.8 Å². The lowest BCUT2D eigenvalue weighted by atomic mass is 10.3. The minimum Gasteiger partial charge on any atom is -0.492 e. The molecule has 0 aliphatic rings. The van der Waals surface area contributed by atoms with E-state index in [9.17, 15) is 13.2 Å². The summed E-state index contributed by atoms with van der Waals surface area (Å²) in [5.41, 5.74) is 0.473. The Balaban J connectivity index is 2.09. The lowest BCUT2D eigenvalue weighted by Crippen LogP contribution is -2.36. The Hall–Kier alpha value is -2.03. The summed E-state index contributed by atoms with van der Waals surface area (Å²) in [5, 5.41) is 2.66. The molecule has 0 saturated heterocycles. The molecule has 1 atom stereocenters. The van der Waals surface area contributed by atoms with Crippen LogP contribution in [0.3, 0.4) is 0 Å². The summed E-state index contributed by atoms with van der Waals surface area (Å²) in [6, 6.07) is 13.4. The van der Waals surface area contributed by atoms with Gasteiger partial charge in [-0.3, -0.25) is 4.79 Å². The molecule has 0 heterocycles. The number of sulfonamides is 1. The highest BCUT2D eigenvalue weighted by molar-refractivity contribution is 7.98. The Bertz CT molecular complexity index is 855. The first-order valence-corrected chi connectivity index (χ1v) is 10.7. The predicted octanol–water partition coefficient (Wildman–Crippen LogP) is 3.11. The molecule has 6 nitrogen and oxygen atoms in total. The molecule has 0 aliphatic heterocycles. The number of ether oxygens (including phenoxy) is 1. The van der Waals surface area contributed by atoms with E-state index in [0.717, 1.165) is 4.90 Å². The van der Waals surface area contributed by atoms with Crippen molar-refractivity contribution in [1.29, 1.82) is 0 Å². The van der Waals surface area contributed by atoms with Crippen LogP contribution in [0.5, 0.6) is 5.75 Å². The van der Waals surface area contributed by atoms with Gasteiger partial charge in [0.1, 0.15) is 12.4 Å². The Morgan fingerprint density at radius 3 is 2.50 bits per heavy atom. The van der Waals surface area contributed by atoms with Crippen LogP contribution < -0.4 is 14.8 Å². The molecule has 0 bridgehead atoms. The summed E-state index contributed by atoms with van der Waals surface area (Å²) < 4.78 is 33.4. The van der Waals surface area contributed by atoms with E-state index in [1.54, 1.807) is 13.0 Å². The third-order valence-corrected chi connectivity index (χ3v) is 5.77. The van der Waals surface area contributed by atoms with Crippen LogP contribution in [0.25, 0.3) is 0 Å². The van der Waals surface area contributed by atoms with Gasteiger partial charge in [0, 0.05) is 11.8 Å². The zero-order valence-electron chi connectivity index (χ0n) is 14.9. The van der Waals surface area contributed by atoms with Crippen molar-refractivity contribution in [3.05, 3.63) is 48.5 Å². The third-order valence-electron chi connectivity index (χ3n) is 3.39. The van der Waals surface area contributed by atoms with Gasteiger partial charge in [-0.2, -0.15) is 0 Å². The van der Waals surface area contributed by atoms with Gasteiger partial charge in [-0.1, -0.05) is 18.2 Å². The van der Waals surface area contributed by atoms with E-state index in [4.69, 9.17) is 4.74 Å². The van der Waals surface area contributed by atoms with Crippen molar-refractivity contribution in [2.75, 3.05) is 18.2 Å². The fraction of sp³-hybridized carbons (Fsp3) is 0.278. The van der Waals surface area contributed by atoms with E-state index in [1.807, 2.05) is 36.6 Å². The molecule has 0 radical (unpaired) electrons. The summed E-state index contributed by atoms with van der Waals surface area (Å²) in [6.07, 6.45) is 1.86. The van der Waals surface area contributed by atoms with Crippen molar-refractivity contribution >= 4 is 33.4 Å². The second-order valence-corrected chi connectivity index (χ2v) is 8.25. The van der Waals surface area contributed by atoms with Crippen molar-refractivity contribution in [2.45, 2.75) is 29.7 Å². The van der Waals surface area contributed by atoms with Crippen molar-refractivity contribution in [1.82, 2.24) is 4.72 Å². The molecule has 26 heavy (non-hydrogen) atoms. The van der Waals surface area contributed by atoms with Crippen LogP contribution in [-0.2, 0) is 14.8 Å². The fourth-order valence-corrected chi connectivity index (χ4v) is 4.03. The number of thioether (sulfide) groups is 1. The molecule has 0 aliphatic carbocycles. The first-order chi connectivity index (χ1) is 12.3. The minimum absolute atomic E-state index is 0.0885. The van der Waals surface area contributed by atoms with E-state index in [0.29, 0.717) is 11.4 Å². The Kier molecular flexibility index (Phi) is 7.07. The van der Waals surface area contributed by atoms with E-state index < -0.39 is 16.1 Å². The molecule has 2 aromatic carbocycles. The van der Waals surface area contributed by atoms with Crippen LogP contribution in [0.15, 0.2) is 58.3 Å². The first-order valence-electron chi connectivity index (χ1n) is 7.97. The topological polar surface area (TPSA) is 84.5 Å². The summed E-state index contributed by atoms with van der Waals surface area (Å²) in [6.45, 7) is 3.31. The molecule has 0 aromatic heterocycles. The Morgan fingerprint density at radius 2 is 1.88 bits per heavy atom. The lowest BCUT2D eigenvalue weighted by molar-refractivity contribution is -0.114. The highest BCUT2D eigenvalue weighted by Crippen LogP contribution is 2.28. The van der Waals surface area contributed by atoms with Crippen molar-refractivity contribution in [2.24, 2.45) is 0 Å². The maximum absolute atomic E-state index is 12.6. The number of benzene rings is 2. The second-order valence-electron chi connectivity index (χ2n) is 5.69. The number of amides is 1. The van der Waals surface area contributed by atoms with Gasteiger partial charge in [-0.05, 0) is 43.5 Å². The molecule has 0 saturated carbocycles. The number of para-hydroxylation sites is 1. The second kappa shape index (κ2) is 9.07. The third kappa shape index (κ3) is 5.76. The summed E-state index contributed by atoms with van der Waals surface area (Å²) in [4.78, 5) is 12.2. The van der Waals surface area contributed by atoms with Crippen LogP contribution in [-0.4, -0.2) is 33.2 Å². The zero-order chi connectivity index (χ0) is 19.2. The summed E-state index contributed by atoms with van der Waals surface area (Å²) >= 11 is 1.43. The fourth-order valence-electron chi connectivity index (χ4n) is 2.25. The van der Waals surface area contributed by atoms with Gasteiger partial charge >= 0.3 is 0 Å². The van der Waals surface area contributed by atoms with E-state index in [1.165, 1.54) is 30.8 Å². The standard InChI is InChI=1S/C18H22N2O4S2/c1-13(12-24-15-7-5-4-6-8-15)20-26(22,23)16-9-10-18(25-3)17(11-16)19-14(2)21/h4-11,13,20H,12H2,1-3H3,(H,19,21)/t13-/m1/s1. The Morgan fingerprint density at radius 1 is 1.19 bits per heavy atom. The number of carbonyl (C=O) groups is 1. The molecular formula is C18H22N2O4S2. The molecule has 8 heteroatoms. The largest absolute Gasteiger partial charge is 0.492 e. The first kappa shape index (κ1) is 20.3. The SMILES string of the molecule is CSc1ccc(S(=O)(=O)N[C@H](C)COc2ccccc2)cc1NC(C)=O. The van der Waals surface area contributed by atoms with Crippen LogP contribution in [0.2, 0.25) is 0 Å². The highest BCUT2D eigenvalue weighted by atomic mass is 32.2. The van der Waals surface area contributed by atoms with Crippen molar-refractivity contribution in [3.63, 3.8) is 0 Å². The molecule has 0 fully saturated rings. The number of carbonyl (C=O) groups excluding carboxylic acids is 1. The van der Waals surface area contributed by atoms with E-state index in [2.05, 4.69) is 10.0 Å². The van der Waals surface area contributed by atoms with Crippen LogP contribution in [0, 0.1) is 0 Å². The number of anilines is 1. The zero-order valence-corrected chi connectivity index (χ0v) is 16.5. The monoisotopic (exact) mass is 394 g/mol. The molecule has 2 N–H and O–H groups in total. The smallest absolute Gasteiger partial charge is 0.241 e. The maximum Gasteiger partial charge on any atom is 0.241 e. The minimum atomic E-state index is -3.74. The summed E-state index contributed by atoms with van der Waals surface area (Å²) in [7, 11) is -3.74.